The van der Waals surface area contributed by atoms with Crippen LogP contribution in [0.25, 0.3) is 0 Å². The van der Waals surface area contributed by atoms with Crippen LogP contribution < -0.4 is 10.2 Å². The number of phenolic OH excluding ortho intramolecular Hbond substituents is 1. The molecule has 0 saturated heterocycles. The molecule has 0 bridgehead atoms. The van der Waals surface area contributed by atoms with Crippen molar-refractivity contribution in [3.63, 3.8) is 0 Å². The molecule has 1 unspecified atom stereocenters. The Balaban J connectivity index is 1.90. The monoisotopic (exact) mass is 428 g/mol. The Morgan fingerprint density at radius 3 is 2.54 bits per heavy atom. The number of hydrogen-bond donors (Lipinski definition) is 2. The fourth-order valence-corrected chi connectivity index (χ4v) is 3.59. The first-order chi connectivity index (χ1) is 12.5. The second-order valence-electron chi connectivity index (χ2n) is 5.95. The van der Waals surface area contributed by atoms with Crippen LogP contribution in [-0.4, -0.2) is 11.0 Å². The van der Waals surface area contributed by atoms with E-state index in [1.54, 1.807) is 53.4 Å². The molecule has 0 spiro atoms. The molecular formula is C20H14BrClN2O2. The minimum atomic E-state index is -0.559. The Labute approximate surface area is 164 Å². The van der Waals surface area contributed by atoms with E-state index in [-0.39, 0.29) is 11.7 Å². The molecule has 1 heterocycles. The number of aromatic hydroxyl groups is 1. The Hall–Kier alpha value is -2.50. The molecule has 3 aromatic rings. The minimum Gasteiger partial charge on any atom is -0.508 e. The van der Waals surface area contributed by atoms with Crippen LogP contribution in [0, 0.1) is 0 Å². The van der Waals surface area contributed by atoms with Gasteiger partial charge in [-0.05, 0) is 54.6 Å². The molecule has 1 amide bonds. The quantitative estimate of drug-likeness (QED) is 0.559. The zero-order valence-electron chi connectivity index (χ0n) is 13.5. The van der Waals surface area contributed by atoms with Gasteiger partial charge in [-0.2, -0.15) is 0 Å². The number of carbonyl (C=O) groups is 1. The Morgan fingerprint density at radius 2 is 1.77 bits per heavy atom. The van der Waals surface area contributed by atoms with Crippen molar-refractivity contribution < 1.29 is 9.90 Å². The maximum Gasteiger partial charge on any atom is 0.262 e. The number of hydrogen-bond acceptors (Lipinski definition) is 3. The summed E-state index contributed by atoms with van der Waals surface area (Å²) >= 11 is 9.44. The number of para-hydroxylation sites is 1. The highest BCUT2D eigenvalue weighted by molar-refractivity contribution is 9.10. The van der Waals surface area contributed by atoms with Gasteiger partial charge in [-0.3, -0.25) is 9.69 Å². The molecule has 0 radical (unpaired) electrons. The van der Waals surface area contributed by atoms with Crippen molar-refractivity contribution in [2.24, 2.45) is 0 Å². The molecule has 1 aliphatic rings. The van der Waals surface area contributed by atoms with Gasteiger partial charge in [0.25, 0.3) is 5.91 Å². The van der Waals surface area contributed by atoms with Crippen LogP contribution in [0.5, 0.6) is 5.75 Å². The van der Waals surface area contributed by atoms with Gasteiger partial charge in [0.05, 0.1) is 5.56 Å². The molecule has 1 atom stereocenters. The van der Waals surface area contributed by atoms with Crippen LogP contribution >= 0.6 is 27.5 Å². The van der Waals surface area contributed by atoms with Gasteiger partial charge in [-0.1, -0.05) is 39.7 Å². The third-order valence-electron chi connectivity index (χ3n) is 4.32. The van der Waals surface area contributed by atoms with Crippen LogP contribution in [-0.2, 0) is 0 Å². The smallest absolute Gasteiger partial charge is 0.262 e. The normalized spacial score (nSPS) is 16.2. The number of rotatable bonds is 2. The molecule has 1 aliphatic heterocycles. The van der Waals surface area contributed by atoms with Crippen LogP contribution in [0.1, 0.15) is 22.1 Å². The summed E-state index contributed by atoms with van der Waals surface area (Å²) in [5.74, 6) is -0.0390. The van der Waals surface area contributed by atoms with E-state index in [0.29, 0.717) is 21.8 Å². The van der Waals surface area contributed by atoms with Gasteiger partial charge in [0.1, 0.15) is 11.9 Å². The Morgan fingerprint density at radius 1 is 1.04 bits per heavy atom. The van der Waals surface area contributed by atoms with Crippen LogP contribution in [0.4, 0.5) is 11.4 Å². The number of carbonyl (C=O) groups excluding carboxylic acids is 1. The molecule has 0 aromatic heterocycles. The minimum absolute atomic E-state index is 0.108. The van der Waals surface area contributed by atoms with Gasteiger partial charge in [-0.15, -0.1) is 0 Å². The van der Waals surface area contributed by atoms with Crippen molar-refractivity contribution in [1.29, 1.82) is 0 Å². The summed E-state index contributed by atoms with van der Waals surface area (Å²) in [4.78, 5) is 14.9. The molecular weight excluding hydrogens is 416 g/mol. The largest absolute Gasteiger partial charge is 0.508 e. The lowest BCUT2D eigenvalue weighted by atomic mass is 10.0. The van der Waals surface area contributed by atoms with Crippen molar-refractivity contribution in [2.45, 2.75) is 6.17 Å². The summed E-state index contributed by atoms with van der Waals surface area (Å²) in [7, 11) is 0. The second kappa shape index (κ2) is 6.67. The molecule has 3 aromatic carbocycles. The molecule has 0 aliphatic carbocycles. The van der Waals surface area contributed by atoms with Gasteiger partial charge < -0.3 is 10.4 Å². The van der Waals surface area contributed by atoms with E-state index in [2.05, 4.69) is 21.2 Å². The average molecular weight is 430 g/mol. The van der Waals surface area contributed by atoms with Crippen molar-refractivity contribution in [2.75, 3.05) is 10.2 Å². The fraction of sp³-hybridized carbons (Fsp3) is 0.0500. The summed E-state index contributed by atoms with van der Waals surface area (Å²) < 4.78 is 0.814. The van der Waals surface area contributed by atoms with E-state index < -0.39 is 6.17 Å². The Kier molecular flexibility index (Phi) is 4.34. The summed E-state index contributed by atoms with van der Waals surface area (Å²) in [6.07, 6.45) is -0.559. The van der Waals surface area contributed by atoms with Crippen LogP contribution in [0.15, 0.2) is 71.2 Å². The maximum atomic E-state index is 13.2. The van der Waals surface area contributed by atoms with E-state index in [1.165, 1.54) is 0 Å². The maximum absolute atomic E-state index is 13.2. The lowest BCUT2D eigenvalue weighted by Gasteiger charge is -2.38. The molecule has 130 valence electrons. The number of fused-ring (bicyclic) bond motifs is 1. The van der Waals surface area contributed by atoms with Crippen LogP contribution in [0.2, 0.25) is 5.02 Å². The van der Waals surface area contributed by atoms with E-state index in [4.69, 9.17) is 11.6 Å². The summed E-state index contributed by atoms with van der Waals surface area (Å²) in [6, 6.07) is 19.6. The molecule has 26 heavy (non-hydrogen) atoms. The number of anilines is 2. The van der Waals surface area contributed by atoms with Gasteiger partial charge in [-0.25, -0.2) is 0 Å². The molecule has 4 nitrogen and oxygen atoms in total. The van der Waals surface area contributed by atoms with Gasteiger partial charge in [0.15, 0.2) is 0 Å². The summed E-state index contributed by atoms with van der Waals surface area (Å²) in [5.41, 5.74) is 2.59. The summed E-state index contributed by atoms with van der Waals surface area (Å²) in [5, 5.41) is 14.4. The van der Waals surface area contributed by atoms with Crippen molar-refractivity contribution in [3.8, 4) is 5.75 Å². The molecule has 0 saturated carbocycles. The second-order valence-corrected chi connectivity index (χ2v) is 7.30. The molecule has 6 heteroatoms. The summed E-state index contributed by atoms with van der Waals surface area (Å²) in [6.45, 7) is 0. The van der Waals surface area contributed by atoms with Crippen molar-refractivity contribution in [1.82, 2.24) is 0 Å². The number of amides is 1. The van der Waals surface area contributed by atoms with E-state index in [1.807, 2.05) is 18.2 Å². The molecule has 0 fully saturated rings. The number of phenols is 1. The predicted molar refractivity (Wildman–Crippen MR) is 107 cm³/mol. The van der Waals surface area contributed by atoms with Gasteiger partial charge in [0.2, 0.25) is 0 Å². The number of benzene rings is 3. The lowest BCUT2D eigenvalue weighted by Crippen LogP contribution is -2.43. The highest BCUT2D eigenvalue weighted by Crippen LogP contribution is 2.40. The van der Waals surface area contributed by atoms with Gasteiger partial charge >= 0.3 is 0 Å². The van der Waals surface area contributed by atoms with Gasteiger partial charge in [0, 0.05) is 26.4 Å². The van der Waals surface area contributed by atoms with Crippen LogP contribution in [0.3, 0.4) is 0 Å². The van der Waals surface area contributed by atoms with E-state index >= 15 is 0 Å². The first-order valence-corrected chi connectivity index (χ1v) is 9.15. The molecule has 2 N–H and O–H groups in total. The standard InChI is InChI=1S/C20H14BrClN2O2/c21-12-5-10-18(25)16(11-12)19-23-17-4-2-1-3-15(17)20(26)24(19)14-8-6-13(22)7-9-14/h1-11,19,23,25H. The average Bonchev–Trinajstić information content (AvgIpc) is 2.65. The fourth-order valence-electron chi connectivity index (χ4n) is 3.08. The van der Waals surface area contributed by atoms with E-state index in [9.17, 15) is 9.90 Å². The number of nitrogens with zero attached hydrogens (tertiary/aromatic N) is 1. The third-order valence-corrected chi connectivity index (χ3v) is 5.06. The third kappa shape index (κ3) is 2.93. The Bertz CT molecular complexity index is 991. The van der Waals surface area contributed by atoms with Crippen molar-refractivity contribution in [3.05, 3.63) is 87.4 Å². The zero-order chi connectivity index (χ0) is 18.3. The van der Waals surface area contributed by atoms with E-state index in [0.717, 1.165) is 10.2 Å². The highest BCUT2D eigenvalue weighted by Gasteiger charge is 2.35. The van der Waals surface area contributed by atoms with Crippen molar-refractivity contribution >= 4 is 44.8 Å². The SMILES string of the molecule is O=C1c2ccccc2NC(c2cc(Br)ccc2O)N1c1ccc(Cl)cc1. The first-order valence-electron chi connectivity index (χ1n) is 7.98. The zero-order valence-corrected chi connectivity index (χ0v) is 15.8. The number of nitrogens with one attached hydrogen (secondary N) is 1. The first kappa shape index (κ1) is 16.9. The number of halogens is 2. The molecule has 4 rings (SSSR count). The topological polar surface area (TPSA) is 52.6 Å². The predicted octanol–water partition coefficient (Wildman–Crippen LogP) is 5.58. The lowest BCUT2D eigenvalue weighted by molar-refractivity contribution is 0.0974. The highest BCUT2D eigenvalue weighted by atomic mass is 79.9.